The molecule has 1 N–H and O–H groups in total. The standard InChI is InChI=1S/C15H27NO6S/c1-7-21-13(18)12(16-14(19)22-15(2,3)4)9-8-11(17)10-23(5,6)20/h10,12H,7-9H2,1-6H3,(H,16,19)/t12-/m0/s1. The molecule has 0 aliphatic heterocycles. The predicted molar refractivity (Wildman–Crippen MR) is 90.1 cm³/mol. The van der Waals surface area contributed by atoms with Crippen LogP contribution in [-0.2, 0) is 28.6 Å². The average molecular weight is 349 g/mol. The topological polar surface area (TPSA) is 98.8 Å². The van der Waals surface area contributed by atoms with E-state index in [1.54, 1.807) is 27.7 Å². The Hall–Kier alpha value is -1.57. The molecule has 0 aliphatic carbocycles. The van der Waals surface area contributed by atoms with Crippen molar-refractivity contribution in [3.8, 4) is 0 Å². The lowest BCUT2D eigenvalue weighted by Gasteiger charge is -2.22. The Balaban J connectivity index is 4.83. The van der Waals surface area contributed by atoms with Crippen LogP contribution < -0.4 is 5.32 Å². The van der Waals surface area contributed by atoms with E-state index in [1.807, 2.05) is 0 Å². The number of rotatable bonds is 7. The molecule has 0 aromatic heterocycles. The van der Waals surface area contributed by atoms with Gasteiger partial charge in [0.25, 0.3) is 0 Å². The van der Waals surface area contributed by atoms with E-state index in [4.69, 9.17) is 9.47 Å². The van der Waals surface area contributed by atoms with Gasteiger partial charge >= 0.3 is 12.1 Å². The van der Waals surface area contributed by atoms with Gasteiger partial charge in [-0.15, -0.1) is 0 Å². The molecule has 0 saturated carbocycles. The number of hydrogen-bond donors (Lipinski definition) is 1. The molecule has 23 heavy (non-hydrogen) atoms. The fraction of sp³-hybridized carbons (Fsp3) is 0.733. The van der Waals surface area contributed by atoms with Crippen molar-refractivity contribution in [3.05, 3.63) is 0 Å². The van der Waals surface area contributed by atoms with Gasteiger partial charge in [0.15, 0.2) is 5.78 Å². The highest BCUT2D eigenvalue weighted by Crippen LogP contribution is 2.08. The van der Waals surface area contributed by atoms with Crippen LogP contribution in [0.4, 0.5) is 4.79 Å². The van der Waals surface area contributed by atoms with Gasteiger partial charge in [-0.3, -0.25) is 9.00 Å². The van der Waals surface area contributed by atoms with Crippen molar-refractivity contribution in [1.82, 2.24) is 5.32 Å². The number of alkyl carbamates (subject to hydrolysis) is 1. The summed E-state index contributed by atoms with van der Waals surface area (Å²) in [6.07, 6.45) is 2.15. The van der Waals surface area contributed by atoms with Crippen LogP contribution in [0.25, 0.3) is 0 Å². The second-order valence-electron chi connectivity index (χ2n) is 6.38. The maximum Gasteiger partial charge on any atom is 0.408 e. The lowest BCUT2D eigenvalue weighted by molar-refractivity contribution is -0.145. The number of esters is 1. The number of ether oxygens (including phenoxy) is 2. The number of ketones is 1. The van der Waals surface area contributed by atoms with Crippen molar-refractivity contribution in [1.29, 1.82) is 0 Å². The highest BCUT2D eigenvalue weighted by molar-refractivity contribution is 8.01. The molecule has 0 unspecified atom stereocenters. The van der Waals surface area contributed by atoms with E-state index in [0.717, 1.165) is 5.37 Å². The third kappa shape index (κ3) is 11.6. The van der Waals surface area contributed by atoms with Gasteiger partial charge in [-0.2, -0.15) is 0 Å². The normalized spacial score (nSPS) is 13.0. The summed E-state index contributed by atoms with van der Waals surface area (Å²) in [6, 6.07) is -0.994. The van der Waals surface area contributed by atoms with Gasteiger partial charge in [0.2, 0.25) is 0 Å². The van der Waals surface area contributed by atoms with Crippen LogP contribution in [0.15, 0.2) is 0 Å². The van der Waals surface area contributed by atoms with Crippen molar-refractivity contribution in [2.75, 3.05) is 19.1 Å². The summed E-state index contributed by atoms with van der Waals surface area (Å²) in [7, 11) is -2.30. The molecule has 1 amide bonds. The van der Waals surface area contributed by atoms with Crippen molar-refractivity contribution in [2.24, 2.45) is 0 Å². The Morgan fingerprint density at radius 1 is 1.22 bits per heavy atom. The number of carbonyl (C=O) groups is 3. The van der Waals surface area contributed by atoms with Crippen LogP contribution in [0, 0.1) is 0 Å². The molecular weight excluding hydrogens is 322 g/mol. The molecule has 0 fully saturated rings. The summed E-state index contributed by atoms with van der Waals surface area (Å²) in [4.78, 5) is 35.4. The third-order valence-corrected chi connectivity index (χ3v) is 3.19. The molecule has 1 atom stereocenters. The smallest absolute Gasteiger partial charge is 0.408 e. The van der Waals surface area contributed by atoms with Gasteiger partial charge in [-0.1, -0.05) is 0 Å². The molecule has 0 spiro atoms. The zero-order valence-electron chi connectivity index (χ0n) is 14.6. The quantitative estimate of drug-likeness (QED) is 0.546. The van der Waals surface area contributed by atoms with Crippen molar-refractivity contribution in [3.63, 3.8) is 0 Å². The van der Waals surface area contributed by atoms with Gasteiger partial charge in [0.1, 0.15) is 11.6 Å². The van der Waals surface area contributed by atoms with E-state index in [9.17, 15) is 18.6 Å². The second kappa shape index (κ2) is 8.90. The number of carbonyl (C=O) groups excluding carboxylic acids is 3. The number of nitrogens with one attached hydrogen (secondary N) is 1. The molecular formula is C15H27NO6S. The molecule has 0 bridgehead atoms. The first-order valence-electron chi connectivity index (χ1n) is 7.32. The fourth-order valence-electron chi connectivity index (χ4n) is 1.60. The Kier molecular flexibility index (Phi) is 8.30. The maximum absolute atomic E-state index is 11.9. The highest BCUT2D eigenvalue weighted by atomic mass is 32.2. The Morgan fingerprint density at radius 3 is 2.22 bits per heavy atom. The van der Waals surface area contributed by atoms with Crippen LogP contribution in [0.1, 0.15) is 40.5 Å². The first kappa shape index (κ1) is 21.4. The van der Waals surface area contributed by atoms with E-state index in [1.165, 1.54) is 12.5 Å². The summed E-state index contributed by atoms with van der Waals surface area (Å²) in [5.74, 6) is -0.986. The minimum Gasteiger partial charge on any atom is -0.464 e. The van der Waals surface area contributed by atoms with Gasteiger partial charge in [0.05, 0.1) is 6.61 Å². The van der Waals surface area contributed by atoms with E-state index in [0.29, 0.717) is 0 Å². The lowest BCUT2D eigenvalue weighted by atomic mass is 10.1. The van der Waals surface area contributed by atoms with E-state index < -0.39 is 33.2 Å². The molecule has 0 aromatic rings. The highest BCUT2D eigenvalue weighted by Gasteiger charge is 2.25. The van der Waals surface area contributed by atoms with Gasteiger partial charge in [-0.05, 0) is 43.6 Å². The molecule has 8 heteroatoms. The van der Waals surface area contributed by atoms with E-state index in [-0.39, 0.29) is 25.2 Å². The largest absolute Gasteiger partial charge is 0.464 e. The first-order valence-corrected chi connectivity index (χ1v) is 9.75. The zero-order valence-corrected chi connectivity index (χ0v) is 15.5. The average Bonchev–Trinajstić information content (AvgIpc) is 2.30. The fourth-order valence-corrected chi connectivity index (χ4v) is 2.35. The van der Waals surface area contributed by atoms with Crippen molar-refractivity contribution < 1.29 is 28.1 Å². The van der Waals surface area contributed by atoms with E-state index in [2.05, 4.69) is 5.32 Å². The summed E-state index contributed by atoms with van der Waals surface area (Å²) >= 11 is 0. The number of hydrogen-bond acceptors (Lipinski definition) is 6. The first-order chi connectivity index (χ1) is 10.3. The monoisotopic (exact) mass is 349 g/mol. The minimum absolute atomic E-state index is 0.0298. The maximum atomic E-state index is 11.9. The molecule has 0 aromatic carbocycles. The van der Waals surface area contributed by atoms with Crippen LogP contribution in [0.5, 0.6) is 0 Å². The molecule has 0 aliphatic rings. The van der Waals surface area contributed by atoms with Crippen LogP contribution in [0.2, 0.25) is 0 Å². The Morgan fingerprint density at radius 2 is 1.78 bits per heavy atom. The molecule has 0 saturated heterocycles. The van der Waals surface area contributed by atoms with Gasteiger partial charge in [0, 0.05) is 24.3 Å². The summed E-state index contributed by atoms with van der Waals surface area (Å²) in [5, 5.41) is 3.54. The van der Waals surface area contributed by atoms with Crippen LogP contribution in [-0.4, -0.2) is 58.2 Å². The van der Waals surface area contributed by atoms with Crippen molar-refractivity contribution in [2.45, 2.75) is 52.2 Å². The summed E-state index contributed by atoms with van der Waals surface area (Å²) in [5.41, 5.74) is -0.706. The molecule has 0 heterocycles. The third-order valence-electron chi connectivity index (χ3n) is 2.36. The minimum atomic E-state index is -2.30. The SMILES string of the molecule is CCOC(=O)[C@H](CCC(=O)C=S(C)(C)=O)NC(=O)OC(C)(C)C. The predicted octanol–water partition coefficient (Wildman–Crippen LogP) is 1.14. The molecule has 0 rings (SSSR count). The second-order valence-corrected chi connectivity index (χ2v) is 9.24. The Labute approximate surface area is 138 Å². The van der Waals surface area contributed by atoms with Gasteiger partial charge < -0.3 is 14.8 Å². The molecule has 0 radical (unpaired) electrons. The summed E-state index contributed by atoms with van der Waals surface area (Å²) in [6.45, 7) is 6.89. The van der Waals surface area contributed by atoms with Crippen molar-refractivity contribution >= 4 is 32.7 Å². The van der Waals surface area contributed by atoms with Crippen LogP contribution in [0.3, 0.4) is 0 Å². The van der Waals surface area contributed by atoms with Crippen LogP contribution >= 0.6 is 0 Å². The lowest BCUT2D eigenvalue weighted by Crippen LogP contribution is -2.44. The van der Waals surface area contributed by atoms with E-state index >= 15 is 0 Å². The summed E-state index contributed by atoms with van der Waals surface area (Å²) < 4.78 is 21.5. The zero-order chi connectivity index (χ0) is 18.3. The van der Waals surface area contributed by atoms with Gasteiger partial charge in [-0.25, -0.2) is 9.59 Å². The number of amides is 1. The molecule has 7 nitrogen and oxygen atoms in total. The Bertz CT molecular complexity index is 547. The number of Topliss-reactive ketones (excluding diaryl/α,β-unsaturated/α-hetero) is 1. The molecule has 134 valence electrons.